The smallest absolute Gasteiger partial charge is 0.328 e. The van der Waals surface area contributed by atoms with Gasteiger partial charge in [-0.25, -0.2) is 9.78 Å². The van der Waals surface area contributed by atoms with Gasteiger partial charge in [0.05, 0.1) is 24.0 Å². The number of halogens is 2. The lowest BCUT2D eigenvalue weighted by molar-refractivity contribution is -0.143. The Labute approximate surface area is 123 Å². The number of esters is 1. The first-order chi connectivity index (χ1) is 8.58. The largest absolute Gasteiger partial charge is 0.467 e. The van der Waals surface area contributed by atoms with Crippen LogP contribution >= 0.6 is 34.2 Å². The van der Waals surface area contributed by atoms with Crippen molar-refractivity contribution in [2.45, 2.75) is 18.8 Å². The van der Waals surface area contributed by atoms with E-state index < -0.39 is 6.04 Å². The molecule has 0 aliphatic carbocycles. The molecule has 0 spiro atoms. The fraction of sp³-hybridized carbons (Fsp3) is 0.333. The lowest BCUT2D eigenvalue weighted by Gasteiger charge is -2.14. The van der Waals surface area contributed by atoms with E-state index in [0.717, 1.165) is 14.6 Å². The van der Waals surface area contributed by atoms with Gasteiger partial charge in [-0.3, -0.25) is 0 Å². The third kappa shape index (κ3) is 2.33. The molecule has 1 unspecified atom stereocenters. The highest BCUT2D eigenvalue weighted by atomic mass is 127. The van der Waals surface area contributed by atoms with Crippen LogP contribution in [-0.4, -0.2) is 22.6 Å². The number of methoxy groups -OCH3 is 1. The lowest BCUT2D eigenvalue weighted by Crippen LogP contribution is -2.19. The topological polar surface area (TPSA) is 44.1 Å². The van der Waals surface area contributed by atoms with Gasteiger partial charge in [0.25, 0.3) is 0 Å². The summed E-state index contributed by atoms with van der Waals surface area (Å²) in [6.07, 6.45) is 0. The Balaban J connectivity index is 2.63. The molecule has 0 bridgehead atoms. The average molecular weight is 379 g/mol. The zero-order chi connectivity index (χ0) is 13.3. The molecule has 0 aliphatic rings. The van der Waals surface area contributed by atoms with E-state index in [9.17, 15) is 4.79 Å². The number of hydrogen-bond acceptors (Lipinski definition) is 3. The van der Waals surface area contributed by atoms with Crippen molar-refractivity contribution in [3.63, 3.8) is 0 Å². The Morgan fingerprint density at radius 1 is 1.61 bits per heavy atom. The van der Waals surface area contributed by atoms with Crippen molar-refractivity contribution in [1.29, 1.82) is 0 Å². The van der Waals surface area contributed by atoms with E-state index in [1.54, 1.807) is 6.92 Å². The summed E-state index contributed by atoms with van der Waals surface area (Å²) in [5.74, 6) is 0.623. The molecule has 4 nitrogen and oxygen atoms in total. The molecule has 0 N–H and O–H groups in total. The predicted octanol–water partition coefficient (Wildman–Crippen LogP) is 3.11. The summed E-state index contributed by atoms with van der Waals surface area (Å²) in [4.78, 5) is 16.1. The van der Waals surface area contributed by atoms with Crippen molar-refractivity contribution < 1.29 is 9.53 Å². The Morgan fingerprint density at radius 3 is 2.94 bits per heavy atom. The number of hydrogen-bond donors (Lipinski definition) is 0. The van der Waals surface area contributed by atoms with Gasteiger partial charge < -0.3 is 9.30 Å². The SMILES string of the molecule is COC(=O)C(C)n1c(CCl)nc2cc(I)ccc21. The maximum absolute atomic E-state index is 11.7. The van der Waals surface area contributed by atoms with Crippen LogP contribution in [0.5, 0.6) is 0 Å². The van der Waals surface area contributed by atoms with Crippen molar-refractivity contribution in [2.75, 3.05) is 7.11 Å². The van der Waals surface area contributed by atoms with Gasteiger partial charge in [-0.1, -0.05) is 0 Å². The number of fused-ring (bicyclic) bond motifs is 1. The summed E-state index contributed by atoms with van der Waals surface area (Å²) in [5, 5.41) is 0. The molecule has 1 aromatic heterocycles. The summed E-state index contributed by atoms with van der Waals surface area (Å²) in [7, 11) is 1.38. The Hall–Kier alpha value is -0.820. The summed E-state index contributed by atoms with van der Waals surface area (Å²) in [5.41, 5.74) is 1.73. The highest BCUT2D eigenvalue weighted by Crippen LogP contribution is 2.24. The number of imidazole rings is 1. The van der Waals surface area contributed by atoms with Gasteiger partial charge >= 0.3 is 5.97 Å². The predicted molar refractivity (Wildman–Crippen MR) is 78.7 cm³/mol. The number of carbonyl (C=O) groups is 1. The van der Waals surface area contributed by atoms with E-state index in [1.807, 2.05) is 22.8 Å². The molecule has 1 heterocycles. The number of aromatic nitrogens is 2. The van der Waals surface area contributed by atoms with Gasteiger partial charge in [-0.2, -0.15) is 0 Å². The number of ether oxygens (including phenoxy) is 1. The molecule has 96 valence electrons. The maximum Gasteiger partial charge on any atom is 0.328 e. The van der Waals surface area contributed by atoms with Crippen molar-refractivity contribution in [2.24, 2.45) is 0 Å². The van der Waals surface area contributed by atoms with Crippen LogP contribution in [-0.2, 0) is 15.4 Å². The molecule has 0 radical (unpaired) electrons. The first-order valence-electron chi connectivity index (χ1n) is 5.38. The van der Waals surface area contributed by atoms with Crippen LogP contribution in [0.1, 0.15) is 18.8 Å². The average Bonchev–Trinajstić information content (AvgIpc) is 2.74. The van der Waals surface area contributed by atoms with Gasteiger partial charge in [0.15, 0.2) is 0 Å². The third-order valence-corrected chi connectivity index (χ3v) is 3.68. The summed E-state index contributed by atoms with van der Waals surface area (Å²) >= 11 is 8.12. The molecule has 18 heavy (non-hydrogen) atoms. The second-order valence-electron chi connectivity index (χ2n) is 3.86. The van der Waals surface area contributed by atoms with Gasteiger partial charge in [-0.05, 0) is 47.7 Å². The Kier molecular flexibility index (Phi) is 4.11. The maximum atomic E-state index is 11.7. The summed E-state index contributed by atoms with van der Waals surface area (Å²) in [6.45, 7) is 1.78. The molecule has 0 amide bonds. The summed E-state index contributed by atoms with van der Waals surface area (Å²) < 4.78 is 7.69. The quantitative estimate of drug-likeness (QED) is 0.468. The first-order valence-corrected chi connectivity index (χ1v) is 7.00. The van der Waals surface area contributed by atoms with Crippen LogP contribution in [0.3, 0.4) is 0 Å². The third-order valence-electron chi connectivity index (χ3n) is 2.77. The van der Waals surface area contributed by atoms with Crippen LogP contribution in [0.15, 0.2) is 18.2 Å². The fourth-order valence-corrected chi connectivity index (χ4v) is 2.59. The highest BCUT2D eigenvalue weighted by molar-refractivity contribution is 14.1. The number of benzene rings is 1. The summed E-state index contributed by atoms with van der Waals surface area (Å²) in [6, 6.07) is 5.45. The normalized spacial score (nSPS) is 12.7. The number of nitrogens with zero attached hydrogens (tertiary/aromatic N) is 2. The number of carbonyl (C=O) groups excluding carboxylic acids is 1. The standard InChI is InChI=1S/C12H12ClIN2O2/c1-7(12(17)18-2)16-10-4-3-8(14)5-9(10)15-11(16)6-13/h3-5,7H,6H2,1-2H3. The monoisotopic (exact) mass is 378 g/mol. The minimum Gasteiger partial charge on any atom is -0.467 e. The Morgan fingerprint density at radius 2 is 2.33 bits per heavy atom. The molecule has 1 aromatic carbocycles. The second-order valence-corrected chi connectivity index (χ2v) is 5.38. The van der Waals surface area contributed by atoms with Crippen LogP contribution in [0.2, 0.25) is 0 Å². The molecular weight excluding hydrogens is 367 g/mol. The van der Waals surface area contributed by atoms with Crippen molar-refractivity contribution in [3.05, 3.63) is 27.6 Å². The zero-order valence-electron chi connectivity index (χ0n) is 9.98. The zero-order valence-corrected chi connectivity index (χ0v) is 12.9. The van der Waals surface area contributed by atoms with Gasteiger partial charge in [0.1, 0.15) is 11.9 Å². The molecule has 0 aliphatic heterocycles. The van der Waals surface area contributed by atoms with E-state index >= 15 is 0 Å². The van der Waals surface area contributed by atoms with Gasteiger partial charge in [0, 0.05) is 3.57 Å². The molecular formula is C12H12ClIN2O2. The van der Waals surface area contributed by atoms with Gasteiger partial charge in [0.2, 0.25) is 0 Å². The minimum atomic E-state index is -0.436. The number of alkyl halides is 1. The van der Waals surface area contributed by atoms with Crippen molar-refractivity contribution in [1.82, 2.24) is 9.55 Å². The van der Waals surface area contributed by atoms with Crippen LogP contribution in [0.4, 0.5) is 0 Å². The second kappa shape index (κ2) is 5.44. The first kappa shape index (κ1) is 13.6. The molecule has 0 fully saturated rings. The van der Waals surface area contributed by atoms with Crippen molar-refractivity contribution >= 4 is 51.2 Å². The van der Waals surface area contributed by atoms with E-state index in [1.165, 1.54) is 7.11 Å². The van der Waals surface area contributed by atoms with E-state index in [2.05, 4.69) is 27.6 Å². The highest BCUT2D eigenvalue weighted by Gasteiger charge is 2.21. The van der Waals surface area contributed by atoms with E-state index in [4.69, 9.17) is 16.3 Å². The van der Waals surface area contributed by atoms with Crippen LogP contribution in [0, 0.1) is 3.57 Å². The van der Waals surface area contributed by atoms with Crippen LogP contribution in [0.25, 0.3) is 11.0 Å². The molecule has 6 heteroatoms. The van der Waals surface area contributed by atoms with Gasteiger partial charge in [-0.15, -0.1) is 11.6 Å². The molecule has 1 atom stereocenters. The fourth-order valence-electron chi connectivity index (χ4n) is 1.92. The van der Waals surface area contributed by atoms with E-state index in [0.29, 0.717) is 5.82 Å². The number of rotatable bonds is 3. The van der Waals surface area contributed by atoms with E-state index in [-0.39, 0.29) is 11.8 Å². The lowest BCUT2D eigenvalue weighted by atomic mass is 10.2. The van der Waals surface area contributed by atoms with Crippen LogP contribution < -0.4 is 0 Å². The Bertz CT molecular complexity index is 597. The molecule has 0 saturated carbocycles. The molecule has 0 saturated heterocycles. The minimum absolute atomic E-state index is 0.257. The van der Waals surface area contributed by atoms with Crippen molar-refractivity contribution in [3.8, 4) is 0 Å². The molecule has 2 rings (SSSR count). The molecule has 2 aromatic rings.